The summed E-state index contributed by atoms with van der Waals surface area (Å²) in [5.74, 6) is 0. The number of anilines is 1. The van der Waals surface area contributed by atoms with E-state index in [1.54, 1.807) is 0 Å². The fraction of sp³-hybridized carbons (Fsp3) is 0.667. The molecule has 0 aromatic heterocycles. The summed E-state index contributed by atoms with van der Waals surface area (Å²) in [5.41, 5.74) is 4.85. The van der Waals surface area contributed by atoms with Crippen molar-refractivity contribution in [2.45, 2.75) is 71.3 Å². The summed E-state index contributed by atoms with van der Waals surface area (Å²) in [6, 6.07) is 7.48. The van der Waals surface area contributed by atoms with Crippen LogP contribution in [-0.4, -0.2) is 6.04 Å². The molecule has 19 heavy (non-hydrogen) atoms. The van der Waals surface area contributed by atoms with Gasteiger partial charge in [-0.15, -0.1) is 0 Å². The molecule has 2 fully saturated rings. The summed E-state index contributed by atoms with van der Waals surface area (Å²) in [5, 5.41) is 3.76. The Morgan fingerprint density at radius 3 is 2.26 bits per heavy atom. The second-order valence-electron chi connectivity index (χ2n) is 6.92. The van der Waals surface area contributed by atoms with Crippen LogP contribution in [0.4, 0.5) is 5.69 Å². The molecule has 0 atom stereocenters. The summed E-state index contributed by atoms with van der Waals surface area (Å²) >= 11 is 0. The van der Waals surface area contributed by atoms with E-state index in [0.717, 1.165) is 5.41 Å². The summed E-state index contributed by atoms with van der Waals surface area (Å²) in [4.78, 5) is 0. The van der Waals surface area contributed by atoms with Crippen LogP contribution in [-0.2, 0) is 0 Å². The fourth-order valence-electron chi connectivity index (χ4n) is 4.07. The Bertz CT molecular complexity index is 433. The van der Waals surface area contributed by atoms with Crippen molar-refractivity contribution in [2.24, 2.45) is 5.41 Å². The van der Waals surface area contributed by atoms with Gasteiger partial charge < -0.3 is 5.32 Å². The minimum atomic E-state index is 0.702. The Labute approximate surface area is 117 Å². The largest absolute Gasteiger partial charge is 0.382 e. The van der Waals surface area contributed by atoms with Gasteiger partial charge in [0.1, 0.15) is 0 Å². The number of hydrogen-bond donors (Lipinski definition) is 1. The van der Waals surface area contributed by atoms with Crippen molar-refractivity contribution in [1.82, 2.24) is 0 Å². The highest BCUT2D eigenvalue weighted by molar-refractivity contribution is 5.48. The molecule has 104 valence electrons. The normalized spacial score (nSPS) is 22.8. The molecule has 1 spiro atoms. The average molecular weight is 257 g/mol. The van der Waals surface area contributed by atoms with E-state index >= 15 is 0 Å². The average Bonchev–Trinajstić information content (AvgIpc) is 2.86. The van der Waals surface area contributed by atoms with E-state index in [0.29, 0.717) is 6.04 Å². The smallest absolute Gasteiger partial charge is 0.0345 e. The van der Waals surface area contributed by atoms with Crippen LogP contribution in [0.15, 0.2) is 18.2 Å². The highest BCUT2D eigenvalue weighted by Gasteiger charge is 2.37. The molecule has 1 nitrogen and oxygen atoms in total. The van der Waals surface area contributed by atoms with Gasteiger partial charge in [-0.2, -0.15) is 0 Å². The topological polar surface area (TPSA) is 12.0 Å². The van der Waals surface area contributed by atoms with E-state index in [2.05, 4.69) is 37.4 Å². The lowest BCUT2D eigenvalue weighted by Crippen LogP contribution is -2.31. The van der Waals surface area contributed by atoms with Crippen LogP contribution in [0, 0.1) is 19.3 Å². The molecule has 1 N–H and O–H groups in total. The van der Waals surface area contributed by atoms with Gasteiger partial charge in [0.25, 0.3) is 0 Å². The third-order valence-corrected chi connectivity index (χ3v) is 5.59. The number of benzene rings is 1. The van der Waals surface area contributed by atoms with Crippen molar-refractivity contribution >= 4 is 5.69 Å². The van der Waals surface area contributed by atoms with Crippen LogP contribution < -0.4 is 5.32 Å². The van der Waals surface area contributed by atoms with Crippen molar-refractivity contribution in [3.8, 4) is 0 Å². The number of hydrogen-bond acceptors (Lipinski definition) is 1. The Balaban J connectivity index is 1.58. The predicted molar refractivity (Wildman–Crippen MR) is 82.7 cm³/mol. The van der Waals surface area contributed by atoms with E-state index in [-0.39, 0.29) is 0 Å². The van der Waals surface area contributed by atoms with Crippen molar-refractivity contribution in [1.29, 1.82) is 0 Å². The highest BCUT2D eigenvalue weighted by Crippen LogP contribution is 2.49. The van der Waals surface area contributed by atoms with Crippen molar-refractivity contribution in [3.63, 3.8) is 0 Å². The molecule has 0 heterocycles. The first-order valence-corrected chi connectivity index (χ1v) is 8.01. The summed E-state index contributed by atoms with van der Waals surface area (Å²) < 4.78 is 0. The molecule has 0 unspecified atom stereocenters. The maximum Gasteiger partial charge on any atom is 0.0345 e. The number of aryl methyl sites for hydroxylation is 2. The Morgan fingerprint density at radius 1 is 0.947 bits per heavy atom. The molecule has 0 amide bonds. The van der Waals surface area contributed by atoms with Gasteiger partial charge in [0.05, 0.1) is 0 Å². The summed E-state index contributed by atoms with van der Waals surface area (Å²) in [6.45, 7) is 4.39. The van der Waals surface area contributed by atoms with Crippen molar-refractivity contribution in [2.75, 3.05) is 5.32 Å². The Hall–Kier alpha value is -0.980. The molecule has 0 aliphatic heterocycles. The van der Waals surface area contributed by atoms with E-state index in [4.69, 9.17) is 0 Å². The Morgan fingerprint density at radius 2 is 1.63 bits per heavy atom. The van der Waals surface area contributed by atoms with E-state index in [9.17, 15) is 0 Å². The maximum atomic E-state index is 3.76. The standard InChI is InChI=1S/C18H27N/c1-14-5-6-17(13-15(14)2)19-16-7-11-18(12-8-16)9-3-4-10-18/h5-6,13,16,19H,3-4,7-12H2,1-2H3. The van der Waals surface area contributed by atoms with Crippen LogP contribution in [0.2, 0.25) is 0 Å². The third kappa shape index (κ3) is 2.80. The molecule has 2 aliphatic carbocycles. The molecule has 1 aromatic rings. The fourth-order valence-corrected chi connectivity index (χ4v) is 4.07. The minimum Gasteiger partial charge on any atom is -0.382 e. The number of rotatable bonds is 2. The van der Waals surface area contributed by atoms with E-state index < -0.39 is 0 Å². The molecule has 0 bridgehead atoms. The molecule has 1 aromatic carbocycles. The molecule has 1 heteroatoms. The molecule has 0 saturated heterocycles. The predicted octanol–water partition coefficient (Wildman–Crippen LogP) is 5.22. The maximum absolute atomic E-state index is 3.76. The van der Waals surface area contributed by atoms with Gasteiger partial charge in [-0.1, -0.05) is 18.9 Å². The highest BCUT2D eigenvalue weighted by atomic mass is 14.9. The van der Waals surface area contributed by atoms with Gasteiger partial charge in [-0.25, -0.2) is 0 Å². The molecular formula is C18H27N. The molecule has 3 rings (SSSR count). The lowest BCUT2D eigenvalue weighted by atomic mass is 9.71. The zero-order valence-corrected chi connectivity index (χ0v) is 12.5. The first-order chi connectivity index (χ1) is 9.17. The SMILES string of the molecule is Cc1ccc(NC2CCC3(CCCC3)CC2)cc1C. The van der Waals surface area contributed by atoms with Gasteiger partial charge in [-0.3, -0.25) is 0 Å². The Kier molecular flexibility index (Phi) is 3.56. The molecule has 2 saturated carbocycles. The summed E-state index contributed by atoms with van der Waals surface area (Å²) in [7, 11) is 0. The lowest BCUT2D eigenvalue weighted by Gasteiger charge is -2.38. The summed E-state index contributed by atoms with van der Waals surface area (Å²) in [6.07, 6.45) is 11.6. The van der Waals surface area contributed by atoms with Gasteiger partial charge >= 0.3 is 0 Å². The number of nitrogens with one attached hydrogen (secondary N) is 1. The van der Waals surface area contributed by atoms with Crippen LogP contribution in [0.5, 0.6) is 0 Å². The molecule has 0 radical (unpaired) electrons. The van der Waals surface area contributed by atoms with Gasteiger partial charge in [-0.05, 0) is 81.0 Å². The zero-order chi connectivity index (χ0) is 13.3. The third-order valence-electron chi connectivity index (χ3n) is 5.59. The first-order valence-electron chi connectivity index (χ1n) is 8.01. The van der Waals surface area contributed by atoms with Crippen LogP contribution in [0.3, 0.4) is 0 Å². The van der Waals surface area contributed by atoms with Crippen molar-refractivity contribution in [3.05, 3.63) is 29.3 Å². The van der Waals surface area contributed by atoms with Crippen LogP contribution in [0.25, 0.3) is 0 Å². The first kappa shape index (κ1) is 13.0. The van der Waals surface area contributed by atoms with Gasteiger partial charge in [0.2, 0.25) is 0 Å². The minimum absolute atomic E-state index is 0.702. The quantitative estimate of drug-likeness (QED) is 0.766. The van der Waals surface area contributed by atoms with Gasteiger partial charge in [0.15, 0.2) is 0 Å². The van der Waals surface area contributed by atoms with Gasteiger partial charge in [0, 0.05) is 11.7 Å². The lowest BCUT2D eigenvalue weighted by molar-refractivity contribution is 0.188. The second kappa shape index (κ2) is 5.19. The van der Waals surface area contributed by atoms with E-state index in [1.165, 1.54) is 68.2 Å². The molecule has 2 aliphatic rings. The monoisotopic (exact) mass is 257 g/mol. The van der Waals surface area contributed by atoms with E-state index in [1.807, 2.05) is 0 Å². The zero-order valence-electron chi connectivity index (χ0n) is 12.5. The second-order valence-corrected chi connectivity index (χ2v) is 6.92. The van der Waals surface area contributed by atoms with Crippen LogP contribution >= 0.6 is 0 Å². The van der Waals surface area contributed by atoms with Crippen molar-refractivity contribution < 1.29 is 0 Å². The molecular weight excluding hydrogens is 230 g/mol. The van der Waals surface area contributed by atoms with Crippen LogP contribution in [0.1, 0.15) is 62.5 Å².